The molecule has 0 saturated heterocycles. The molecule has 0 atom stereocenters. The number of hydrogen-bond donors (Lipinski definition) is 1. The topological polar surface area (TPSA) is 51.2 Å². The van der Waals surface area contributed by atoms with Gasteiger partial charge in [0.25, 0.3) is 5.91 Å². The van der Waals surface area contributed by atoms with Crippen molar-refractivity contribution in [3.05, 3.63) is 53.3 Å². The highest BCUT2D eigenvalue weighted by Gasteiger charge is 2.11. The lowest BCUT2D eigenvalue weighted by Crippen LogP contribution is -2.19. The number of fused-ring (bicyclic) bond motifs is 1. The van der Waals surface area contributed by atoms with Gasteiger partial charge in [-0.05, 0) is 36.4 Å². The van der Waals surface area contributed by atoms with E-state index in [0.717, 1.165) is 0 Å². The van der Waals surface area contributed by atoms with Crippen LogP contribution in [-0.4, -0.2) is 17.5 Å². The molecule has 3 aromatic rings. The van der Waals surface area contributed by atoms with E-state index in [-0.39, 0.29) is 18.0 Å². The van der Waals surface area contributed by atoms with Gasteiger partial charge in [0.2, 0.25) is 0 Å². The minimum absolute atomic E-state index is 0.167. The lowest BCUT2D eigenvalue weighted by molar-refractivity contribution is -0.118. The van der Waals surface area contributed by atoms with Crippen LogP contribution in [0, 0.1) is 5.82 Å². The first-order chi connectivity index (χ1) is 10.6. The van der Waals surface area contributed by atoms with E-state index in [2.05, 4.69) is 10.3 Å². The first kappa shape index (κ1) is 14.7. The van der Waals surface area contributed by atoms with E-state index in [0.29, 0.717) is 20.6 Å². The zero-order chi connectivity index (χ0) is 15.5. The summed E-state index contributed by atoms with van der Waals surface area (Å²) in [4.78, 5) is 15.9. The maximum Gasteiger partial charge on any atom is 0.264 e. The van der Waals surface area contributed by atoms with Crippen LogP contribution in [0.1, 0.15) is 0 Å². The van der Waals surface area contributed by atoms with Crippen molar-refractivity contribution in [1.29, 1.82) is 0 Å². The van der Waals surface area contributed by atoms with Crippen LogP contribution in [0.3, 0.4) is 0 Å². The predicted molar refractivity (Wildman–Crippen MR) is 85.2 cm³/mol. The van der Waals surface area contributed by atoms with Crippen LogP contribution in [-0.2, 0) is 4.79 Å². The quantitative estimate of drug-likeness (QED) is 0.780. The highest BCUT2D eigenvalue weighted by molar-refractivity contribution is 7.22. The minimum atomic E-state index is -0.410. The number of nitrogens with zero attached hydrogens (tertiary/aromatic N) is 1. The highest BCUT2D eigenvalue weighted by atomic mass is 35.5. The summed E-state index contributed by atoms with van der Waals surface area (Å²) in [6.45, 7) is -0.167. The SMILES string of the molecule is O=C(COc1ccc(Cl)cc1)Nc1nc2c(F)cccc2s1. The summed E-state index contributed by atoms with van der Waals surface area (Å²) >= 11 is 6.97. The van der Waals surface area contributed by atoms with Crippen LogP contribution < -0.4 is 10.1 Å². The second kappa shape index (κ2) is 6.29. The van der Waals surface area contributed by atoms with Crippen LogP contribution in [0.25, 0.3) is 10.2 Å². The van der Waals surface area contributed by atoms with Gasteiger partial charge >= 0.3 is 0 Å². The molecular formula is C15H10ClFN2O2S. The molecule has 1 amide bonds. The first-order valence-corrected chi connectivity index (χ1v) is 7.54. The second-order valence-electron chi connectivity index (χ2n) is 4.40. The van der Waals surface area contributed by atoms with Crippen molar-refractivity contribution in [2.45, 2.75) is 0 Å². The van der Waals surface area contributed by atoms with Crippen LogP contribution in [0.4, 0.5) is 9.52 Å². The summed E-state index contributed by atoms with van der Waals surface area (Å²) in [7, 11) is 0. The number of amides is 1. The largest absolute Gasteiger partial charge is 0.484 e. The van der Waals surface area contributed by atoms with Gasteiger partial charge in [0.15, 0.2) is 11.7 Å². The van der Waals surface area contributed by atoms with Crippen molar-refractivity contribution in [2.24, 2.45) is 0 Å². The molecule has 0 saturated carbocycles. The van der Waals surface area contributed by atoms with Gasteiger partial charge in [-0.2, -0.15) is 0 Å². The van der Waals surface area contributed by atoms with E-state index in [9.17, 15) is 9.18 Å². The summed E-state index contributed by atoms with van der Waals surface area (Å²) in [6.07, 6.45) is 0. The number of carbonyl (C=O) groups is 1. The molecule has 0 aliphatic rings. The third-order valence-corrected chi connectivity index (χ3v) is 3.99. The van der Waals surface area contributed by atoms with Crippen molar-refractivity contribution in [1.82, 2.24) is 4.98 Å². The molecule has 7 heteroatoms. The molecule has 2 aromatic carbocycles. The number of carbonyl (C=O) groups excluding carboxylic acids is 1. The Labute approximate surface area is 134 Å². The number of rotatable bonds is 4. The Kier molecular flexibility index (Phi) is 4.22. The normalized spacial score (nSPS) is 10.6. The van der Waals surface area contributed by atoms with Gasteiger partial charge < -0.3 is 4.74 Å². The van der Waals surface area contributed by atoms with E-state index >= 15 is 0 Å². The Morgan fingerprint density at radius 3 is 2.77 bits per heavy atom. The van der Waals surface area contributed by atoms with Gasteiger partial charge in [-0.3, -0.25) is 10.1 Å². The summed E-state index contributed by atoms with van der Waals surface area (Å²) in [5, 5.41) is 3.52. The van der Waals surface area contributed by atoms with Gasteiger partial charge in [-0.15, -0.1) is 0 Å². The fourth-order valence-corrected chi connectivity index (χ4v) is 2.83. The lowest BCUT2D eigenvalue weighted by Gasteiger charge is -2.05. The van der Waals surface area contributed by atoms with Crippen molar-refractivity contribution in [3.63, 3.8) is 0 Å². The fourth-order valence-electron chi connectivity index (χ4n) is 1.80. The molecule has 1 aromatic heterocycles. The number of para-hydroxylation sites is 1. The summed E-state index contributed by atoms with van der Waals surface area (Å²) in [5.41, 5.74) is 0.251. The van der Waals surface area contributed by atoms with Gasteiger partial charge in [0.05, 0.1) is 4.70 Å². The molecule has 0 aliphatic heterocycles. The zero-order valence-corrected chi connectivity index (χ0v) is 12.7. The molecule has 4 nitrogen and oxygen atoms in total. The molecule has 22 heavy (non-hydrogen) atoms. The van der Waals surface area contributed by atoms with E-state index < -0.39 is 5.82 Å². The van der Waals surface area contributed by atoms with Gasteiger partial charge in [0.1, 0.15) is 17.1 Å². The van der Waals surface area contributed by atoms with Crippen LogP contribution >= 0.6 is 22.9 Å². The van der Waals surface area contributed by atoms with E-state index in [4.69, 9.17) is 16.3 Å². The lowest BCUT2D eigenvalue weighted by atomic mass is 10.3. The minimum Gasteiger partial charge on any atom is -0.484 e. The standard InChI is InChI=1S/C15H10ClFN2O2S/c16-9-4-6-10(7-5-9)21-8-13(20)18-15-19-14-11(17)2-1-3-12(14)22-15/h1-7H,8H2,(H,18,19,20). The highest BCUT2D eigenvalue weighted by Crippen LogP contribution is 2.27. The van der Waals surface area contributed by atoms with E-state index in [1.807, 2.05) is 0 Å². The van der Waals surface area contributed by atoms with Crippen molar-refractivity contribution >= 4 is 44.2 Å². The molecule has 0 unspecified atom stereocenters. The van der Waals surface area contributed by atoms with Gasteiger partial charge in [0, 0.05) is 5.02 Å². The van der Waals surface area contributed by atoms with Gasteiger partial charge in [-0.1, -0.05) is 29.0 Å². The molecule has 0 radical (unpaired) electrons. The fraction of sp³-hybridized carbons (Fsp3) is 0.0667. The molecule has 0 spiro atoms. The molecular weight excluding hydrogens is 327 g/mol. The summed E-state index contributed by atoms with van der Waals surface area (Å²) < 4.78 is 19.5. The van der Waals surface area contributed by atoms with Crippen LogP contribution in [0.2, 0.25) is 5.02 Å². The van der Waals surface area contributed by atoms with Crippen molar-refractivity contribution in [2.75, 3.05) is 11.9 Å². The molecule has 0 fully saturated rings. The maximum atomic E-state index is 13.5. The Morgan fingerprint density at radius 2 is 2.05 bits per heavy atom. The van der Waals surface area contributed by atoms with Crippen LogP contribution in [0.15, 0.2) is 42.5 Å². The first-order valence-electron chi connectivity index (χ1n) is 6.35. The molecule has 1 heterocycles. The Hall–Kier alpha value is -2.18. The van der Waals surface area contributed by atoms with Crippen molar-refractivity contribution < 1.29 is 13.9 Å². The Morgan fingerprint density at radius 1 is 1.27 bits per heavy atom. The molecule has 3 rings (SSSR count). The van der Waals surface area contributed by atoms with E-state index in [1.54, 1.807) is 36.4 Å². The number of anilines is 1. The third-order valence-electron chi connectivity index (χ3n) is 2.80. The van der Waals surface area contributed by atoms with Crippen molar-refractivity contribution in [3.8, 4) is 5.75 Å². The number of aromatic nitrogens is 1. The average Bonchev–Trinajstić information content (AvgIpc) is 2.90. The number of halogens is 2. The number of thiazole rings is 1. The number of ether oxygens (including phenoxy) is 1. The number of benzene rings is 2. The molecule has 0 bridgehead atoms. The molecule has 0 aliphatic carbocycles. The molecule has 112 valence electrons. The average molecular weight is 337 g/mol. The summed E-state index contributed by atoms with van der Waals surface area (Å²) in [5.74, 6) is -0.240. The summed E-state index contributed by atoms with van der Waals surface area (Å²) in [6, 6.07) is 11.4. The maximum absolute atomic E-state index is 13.5. The number of nitrogens with one attached hydrogen (secondary N) is 1. The van der Waals surface area contributed by atoms with Crippen LogP contribution in [0.5, 0.6) is 5.75 Å². The van der Waals surface area contributed by atoms with E-state index in [1.165, 1.54) is 17.4 Å². The smallest absolute Gasteiger partial charge is 0.264 e. The monoisotopic (exact) mass is 336 g/mol. The molecule has 1 N–H and O–H groups in total. The predicted octanol–water partition coefficient (Wildman–Crippen LogP) is 4.11. The Balaban J connectivity index is 1.63. The number of hydrogen-bond acceptors (Lipinski definition) is 4. The second-order valence-corrected chi connectivity index (χ2v) is 5.86. The van der Waals surface area contributed by atoms with Gasteiger partial charge in [-0.25, -0.2) is 9.37 Å². The Bertz CT molecular complexity index is 820. The third kappa shape index (κ3) is 3.35. The zero-order valence-electron chi connectivity index (χ0n) is 11.2.